The van der Waals surface area contributed by atoms with Gasteiger partial charge in [-0.15, -0.1) is 0 Å². The summed E-state index contributed by atoms with van der Waals surface area (Å²) >= 11 is 0. The molecule has 2 rings (SSSR count). The lowest BCUT2D eigenvalue weighted by molar-refractivity contribution is -0.120. The molecule has 0 radical (unpaired) electrons. The minimum atomic E-state index is -0.802. The lowest BCUT2D eigenvalue weighted by Crippen LogP contribution is -2.39. The van der Waals surface area contributed by atoms with Crippen molar-refractivity contribution in [2.24, 2.45) is 0 Å². The van der Waals surface area contributed by atoms with Gasteiger partial charge in [0.05, 0.1) is 11.7 Å². The first-order valence-corrected chi connectivity index (χ1v) is 8.19. The molecular formula is C20H22F2N2O2. The monoisotopic (exact) mass is 360 g/mol. The third-order valence-corrected chi connectivity index (χ3v) is 3.95. The molecule has 138 valence electrons. The van der Waals surface area contributed by atoms with E-state index in [1.165, 1.54) is 6.07 Å². The number of carbonyl (C=O) groups excluding carboxylic acids is 1. The summed E-state index contributed by atoms with van der Waals surface area (Å²) in [6.07, 6.45) is 1.67. The molecule has 0 aliphatic rings. The van der Waals surface area contributed by atoms with Gasteiger partial charge in [0.2, 0.25) is 5.91 Å². The van der Waals surface area contributed by atoms with Gasteiger partial charge in [-0.25, -0.2) is 8.78 Å². The van der Waals surface area contributed by atoms with Crippen LogP contribution in [0.2, 0.25) is 0 Å². The van der Waals surface area contributed by atoms with Crippen molar-refractivity contribution in [3.8, 4) is 5.75 Å². The van der Waals surface area contributed by atoms with Crippen LogP contribution in [0.1, 0.15) is 12.5 Å². The van der Waals surface area contributed by atoms with Crippen LogP contribution in [0.3, 0.4) is 0 Å². The highest BCUT2D eigenvalue weighted by atomic mass is 19.1. The number of likely N-dealkylation sites (N-methyl/N-ethyl adjacent to an activating group) is 1. The van der Waals surface area contributed by atoms with Crippen molar-refractivity contribution in [1.29, 1.82) is 0 Å². The van der Waals surface area contributed by atoms with E-state index < -0.39 is 17.7 Å². The van der Waals surface area contributed by atoms with Gasteiger partial charge in [0.25, 0.3) is 0 Å². The van der Waals surface area contributed by atoms with E-state index in [1.807, 2.05) is 29.2 Å². The fourth-order valence-corrected chi connectivity index (χ4v) is 2.30. The maximum Gasteiger partial charge on any atom is 0.241 e. The predicted octanol–water partition coefficient (Wildman–Crippen LogP) is 3.99. The van der Waals surface area contributed by atoms with Crippen molar-refractivity contribution in [1.82, 2.24) is 4.90 Å². The third kappa shape index (κ3) is 5.39. The lowest BCUT2D eigenvalue weighted by atomic mass is 10.1. The van der Waals surface area contributed by atoms with E-state index in [-0.39, 0.29) is 11.6 Å². The number of anilines is 1. The van der Waals surface area contributed by atoms with E-state index in [0.29, 0.717) is 13.2 Å². The molecule has 0 fully saturated rings. The fraction of sp³-hybridized carbons (Fsp3) is 0.250. The molecule has 0 bridgehead atoms. The number of halogens is 2. The Hall–Kier alpha value is -2.73. The summed E-state index contributed by atoms with van der Waals surface area (Å²) in [6.45, 7) is 6.29. The number of hydrogen-bond acceptors (Lipinski definition) is 3. The molecular weight excluding hydrogens is 338 g/mol. The number of ether oxygens (including phenoxy) is 1. The molecule has 1 unspecified atom stereocenters. The molecule has 4 nitrogen and oxygen atoms in total. The van der Waals surface area contributed by atoms with Gasteiger partial charge in [0.1, 0.15) is 24.0 Å². The summed E-state index contributed by atoms with van der Waals surface area (Å²) in [5.74, 6) is -1.12. The first-order chi connectivity index (χ1) is 12.4. The summed E-state index contributed by atoms with van der Waals surface area (Å²) in [6, 6.07) is 10.1. The van der Waals surface area contributed by atoms with Crippen LogP contribution in [0.5, 0.6) is 5.75 Å². The Bertz CT molecular complexity index is 763. The zero-order valence-electron chi connectivity index (χ0n) is 14.8. The van der Waals surface area contributed by atoms with Crippen molar-refractivity contribution < 1.29 is 18.3 Å². The second kappa shape index (κ2) is 9.10. The summed E-state index contributed by atoms with van der Waals surface area (Å²) in [4.78, 5) is 14.1. The Kier molecular flexibility index (Phi) is 6.86. The van der Waals surface area contributed by atoms with E-state index in [0.717, 1.165) is 23.4 Å². The van der Waals surface area contributed by atoms with Gasteiger partial charge in [-0.3, -0.25) is 9.69 Å². The Morgan fingerprint density at radius 1 is 1.27 bits per heavy atom. The van der Waals surface area contributed by atoms with Gasteiger partial charge in [-0.05, 0) is 43.8 Å². The number of carbonyl (C=O) groups is 1. The van der Waals surface area contributed by atoms with Crippen molar-refractivity contribution >= 4 is 11.6 Å². The highest BCUT2D eigenvalue weighted by Crippen LogP contribution is 2.17. The molecule has 0 aliphatic heterocycles. The van der Waals surface area contributed by atoms with Crippen LogP contribution in [0.15, 0.2) is 55.1 Å². The maximum absolute atomic E-state index is 13.7. The highest BCUT2D eigenvalue weighted by molar-refractivity contribution is 5.94. The minimum Gasteiger partial charge on any atom is -0.490 e. The molecule has 1 amide bonds. The molecule has 0 aliphatic carbocycles. The predicted molar refractivity (Wildman–Crippen MR) is 98.1 cm³/mol. The van der Waals surface area contributed by atoms with Crippen molar-refractivity contribution in [3.63, 3.8) is 0 Å². The first kappa shape index (κ1) is 19.6. The van der Waals surface area contributed by atoms with Crippen LogP contribution in [-0.4, -0.2) is 30.5 Å². The van der Waals surface area contributed by atoms with Crippen LogP contribution in [0.4, 0.5) is 14.5 Å². The normalized spacial score (nSPS) is 11.9. The Morgan fingerprint density at radius 3 is 2.58 bits per heavy atom. The van der Waals surface area contributed by atoms with Crippen LogP contribution < -0.4 is 10.1 Å². The lowest BCUT2D eigenvalue weighted by Gasteiger charge is -2.24. The molecule has 26 heavy (non-hydrogen) atoms. The van der Waals surface area contributed by atoms with Crippen LogP contribution >= 0.6 is 0 Å². The summed E-state index contributed by atoms with van der Waals surface area (Å²) in [5.41, 5.74) is 0.964. The van der Waals surface area contributed by atoms with E-state index in [1.54, 1.807) is 20.0 Å². The van der Waals surface area contributed by atoms with Gasteiger partial charge < -0.3 is 10.1 Å². The average molecular weight is 360 g/mol. The van der Waals surface area contributed by atoms with Crippen LogP contribution in [-0.2, 0) is 11.3 Å². The van der Waals surface area contributed by atoms with Gasteiger partial charge in [0.15, 0.2) is 0 Å². The highest BCUT2D eigenvalue weighted by Gasteiger charge is 2.19. The second-order valence-corrected chi connectivity index (χ2v) is 5.95. The second-order valence-electron chi connectivity index (χ2n) is 5.95. The molecule has 1 N–H and O–H groups in total. The SMILES string of the molecule is C=CCOc1ccc(CN(C)C(C)C(=O)Nc2ccc(F)cc2F)cc1. The molecule has 0 saturated carbocycles. The number of hydrogen-bond donors (Lipinski definition) is 1. The molecule has 2 aromatic carbocycles. The Morgan fingerprint density at radius 2 is 1.96 bits per heavy atom. The smallest absolute Gasteiger partial charge is 0.241 e. The number of amides is 1. The fourth-order valence-electron chi connectivity index (χ4n) is 2.30. The van der Waals surface area contributed by atoms with Gasteiger partial charge in [0, 0.05) is 12.6 Å². The topological polar surface area (TPSA) is 41.6 Å². The standard InChI is InChI=1S/C20H22F2N2O2/c1-4-11-26-17-8-5-15(6-9-17)13-24(3)14(2)20(25)23-19-10-7-16(21)12-18(19)22/h4-10,12,14H,1,11,13H2,2-3H3,(H,23,25). The van der Waals surface area contributed by atoms with Gasteiger partial charge >= 0.3 is 0 Å². The molecule has 0 saturated heterocycles. The maximum atomic E-state index is 13.7. The van der Waals surface area contributed by atoms with Crippen molar-refractivity contribution in [3.05, 3.63) is 72.3 Å². The third-order valence-electron chi connectivity index (χ3n) is 3.95. The summed E-state index contributed by atoms with van der Waals surface area (Å²) in [5, 5.41) is 2.48. The van der Waals surface area contributed by atoms with E-state index >= 15 is 0 Å². The van der Waals surface area contributed by atoms with E-state index in [4.69, 9.17) is 4.74 Å². The first-order valence-electron chi connectivity index (χ1n) is 8.19. The summed E-state index contributed by atoms with van der Waals surface area (Å²) < 4.78 is 32.0. The molecule has 6 heteroatoms. The quantitative estimate of drug-likeness (QED) is 0.724. The van der Waals surface area contributed by atoms with Crippen LogP contribution in [0.25, 0.3) is 0 Å². The average Bonchev–Trinajstić information content (AvgIpc) is 2.62. The molecule has 1 atom stereocenters. The van der Waals surface area contributed by atoms with Gasteiger partial charge in [-0.1, -0.05) is 24.8 Å². The van der Waals surface area contributed by atoms with Crippen LogP contribution in [0, 0.1) is 11.6 Å². The molecule has 0 heterocycles. The van der Waals surface area contributed by atoms with E-state index in [2.05, 4.69) is 11.9 Å². The molecule has 0 spiro atoms. The number of benzene rings is 2. The Labute approximate surface area is 152 Å². The zero-order valence-corrected chi connectivity index (χ0v) is 14.8. The van der Waals surface area contributed by atoms with Gasteiger partial charge in [-0.2, -0.15) is 0 Å². The summed E-state index contributed by atoms with van der Waals surface area (Å²) in [7, 11) is 1.80. The minimum absolute atomic E-state index is 0.0413. The number of nitrogens with zero attached hydrogens (tertiary/aromatic N) is 1. The van der Waals surface area contributed by atoms with Crippen molar-refractivity contribution in [2.45, 2.75) is 19.5 Å². The van der Waals surface area contributed by atoms with E-state index in [9.17, 15) is 13.6 Å². The zero-order chi connectivity index (χ0) is 19.1. The number of rotatable bonds is 8. The number of nitrogens with one attached hydrogen (secondary N) is 1. The largest absolute Gasteiger partial charge is 0.490 e. The van der Waals surface area contributed by atoms with Crippen molar-refractivity contribution in [2.75, 3.05) is 19.0 Å². The Balaban J connectivity index is 1.94. The molecule has 0 aromatic heterocycles. The molecule has 2 aromatic rings.